The molecule has 2 aliphatic carbocycles. The maximum atomic E-state index is 13.9. The molecule has 1 unspecified atom stereocenters. The van der Waals surface area contributed by atoms with Crippen LogP contribution >= 0.6 is 0 Å². The van der Waals surface area contributed by atoms with Crippen LogP contribution in [-0.4, -0.2) is 91.1 Å². The number of carbonyl (C=O) groups excluding carboxylic acids is 2. The highest BCUT2D eigenvalue weighted by Crippen LogP contribution is 2.58. The number of carbonyl (C=O) groups is 2. The Balaban J connectivity index is 1.58. The maximum Gasteiger partial charge on any atom is 0.364 e. The van der Waals surface area contributed by atoms with Crippen LogP contribution in [0.25, 0.3) is 0 Å². The van der Waals surface area contributed by atoms with Crippen molar-refractivity contribution in [3.05, 3.63) is 35.1 Å². The number of aliphatic hydroxyl groups is 5. The number of aliphatic hydroxyl groups excluding tert-OH is 5. The van der Waals surface area contributed by atoms with Gasteiger partial charge in [0.15, 0.2) is 5.78 Å². The molecular formula is C35H53NO9. The van der Waals surface area contributed by atoms with Gasteiger partial charge < -0.3 is 35.1 Å². The minimum absolute atomic E-state index is 0.00238. The van der Waals surface area contributed by atoms with Crippen molar-refractivity contribution in [2.45, 2.75) is 122 Å². The summed E-state index contributed by atoms with van der Waals surface area (Å²) in [5.74, 6) is -2.34. The van der Waals surface area contributed by atoms with Gasteiger partial charge >= 0.3 is 5.97 Å². The number of hydroxylamine groups is 2. The van der Waals surface area contributed by atoms with Gasteiger partial charge in [-0.15, -0.1) is 5.06 Å². The summed E-state index contributed by atoms with van der Waals surface area (Å²) in [5, 5.41) is 57.7. The van der Waals surface area contributed by atoms with Crippen molar-refractivity contribution < 1.29 is 44.7 Å². The fourth-order valence-corrected chi connectivity index (χ4v) is 8.97. The van der Waals surface area contributed by atoms with Gasteiger partial charge in [-0.1, -0.05) is 51.8 Å². The van der Waals surface area contributed by atoms with Crippen molar-refractivity contribution in [3.63, 3.8) is 0 Å². The Hall–Kier alpha value is -2.08. The summed E-state index contributed by atoms with van der Waals surface area (Å²) in [6.45, 7) is 11.0. The number of allylic oxidation sites excluding steroid dienone is 3. The minimum Gasteiger partial charge on any atom is -0.511 e. The predicted octanol–water partition coefficient (Wildman–Crippen LogP) is 3.39. The van der Waals surface area contributed by atoms with E-state index in [9.17, 15) is 35.1 Å². The first-order chi connectivity index (χ1) is 21.2. The number of ether oxygens (including phenoxy) is 1. The van der Waals surface area contributed by atoms with Crippen LogP contribution in [0.4, 0.5) is 0 Å². The highest BCUT2D eigenvalue weighted by molar-refractivity contribution is 6.19. The van der Waals surface area contributed by atoms with Gasteiger partial charge in [0.2, 0.25) is 0 Å². The molecule has 5 N–H and O–H groups in total. The van der Waals surface area contributed by atoms with Crippen LogP contribution in [0.15, 0.2) is 35.1 Å². The quantitative estimate of drug-likeness (QED) is 0.178. The van der Waals surface area contributed by atoms with Crippen molar-refractivity contribution >= 4 is 11.8 Å². The molecule has 2 saturated heterocycles. The molecule has 252 valence electrons. The van der Waals surface area contributed by atoms with E-state index in [1.807, 2.05) is 0 Å². The highest BCUT2D eigenvalue weighted by atomic mass is 16.7. The van der Waals surface area contributed by atoms with E-state index in [1.54, 1.807) is 26.8 Å². The third kappa shape index (κ3) is 6.31. The maximum absolute atomic E-state index is 13.9. The van der Waals surface area contributed by atoms with Crippen molar-refractivity contribution in [2.75, 3.05) is 6.54 Å². The third-order valence-electron chi connectivity index (χ3n) is 11.7. The summed E-state index contributed by atoms with van der Waals surface area (Å²) in [6.07, 6.45) is 4.64. The molecule has 0 aromatic carbocycles. The Morgan fingerprint density at radius 1 is 1.04 bits per heavy atom. The summed E-state index contributed by atoms with van der Waals surface area (Å²) in [4.78, 5) is 33.2. The normalized spacial score (nSPS) is 47.6. The van der Waals surface area contributed by atoms with E-state index in [0.29, 0.717) is 17.9 Å². The Labute approximate surface area is 266 Å². The minimum atomic E-state index is -1.71. The molecule has 0 aromatic rings. The molecule has 0 amide bonds. The van der Waals surface area contributed by atoms with Gasteiger partial charge in [-0.05, 0) is 81.6 Å². The lowest BCUT2D eigenvalue weighted by Gasteiger charge is -2.48. The Morgan fingerprint density at radius 2 is 1.73 bits per heavy atom. The third-order valence-corrected chi connectivity index (χ3v) is 11.7. The second kappa shape index (κ2) is 13.2. The number of nitrogens with zero attached hydrogens (tertiary/aromatic N) is 1. The molecule has 10 heteroatoms. The van der Waals surface area contributed by atoms with Crippen molar-refractivity contribution in [1.29, 1.82) is 0 Å². The van der Waals surface area contributed by atoms with E-state index in [-0.39, 0.29) is 35.5 Å². The molecule has 0 spiro atoms. The Morgan fingerprint density at radius 3 is 2.40 bits per heavy atom. The van der Waals surface area contributed by atoms with E-state index in [1.165, 1.54) is 0 Å². The summed E-state index contributed by atoms with van der Waals surface area (Å²) in [5.41, 5.74) is -0.583. The number of Topliss-reactive ketones (excluding diaryl/α,β-unsaturated/α-hetero) is 1. The molecule has 3 fully saturated rings. The van der Waals surface area contributed by atoms with Crippen LogP contribution in [0.1, 0.15) is 80.1 Å². The van der Waals surface area contributed by atoms with Gasteiger partial charge in [0, 0.05) is 11.8 Å². The van der Waals surface area contributed by atoms with Gasteiger partial charge in [0.25, 0.3) is 0 Å². The lowest BCUT2D eigenvalue weighted by molar-refractivity contribution is -0.238. The summed E-state index contributed by atoms with van der Waals surface area (Å²) in [6, 6.07) is -1.52. The average Bonchev–Trinajstić information content (AvgIpc) is 3.66. The smallest absolute Gasteiger partial charge is 0.364 e. The number of epoxide rings is 1. The van der Waals surface area contributed by atoms with E-state index in [4.69, 9.17) is 9.57 Å². The van der Waals surface area contributed by atoms with E-state index in [0.717, 1.165) is 37.2 Å². The zero-order valence-electron chi connectivity index (χ0n) is 27.5. The van der Waals surface area contributed by atoms with E-state index >= 15 is 0 Å². The van der Waals surface area contributed by atoms with Gasteiger partial charge in [0.1, 0.15) is 35.7 Å². The van der Waals surface area contributed by atoms with Crippen LogP contribution in [-0.2, 0) is 19.2 Å². The molecular weight excluding hydrogens is 578 g/mol. The summed E-state index contributed by atoms with van der Waals surface area (Å²) in [7, 11) is 0. The standard InChI is InChI=1S/C35H53NO9/c1-7-18(3)29(38)32(41)28-33(42)30(39)19(4)10-8-9-11-24-35(6,44-24)22-13-12-21-15-17(2)14-20(5)25(21)26(22)31(40)27-23(37)16-36(28)45-34(27)43/h7,12-13,17,19-22,24-26,28-30,32-33,38-42H,8-11,14-16H2,1-6H3/b18-7-,31-27+/t17-,19-,20+,21-,22-,24-,25+,26+,28+,29+,30+,32-,33-,35-/m0/s1. The largest absolute Gasteiger partial charge is 0.511 e. The van der Waals surface area contributed by atoms with Gasteiger partial charge in [-0.25, -0.2) is 4.79 Å². The SMILES string of the molecule is C/C=C(/C)[C@@H](O)[C@@H](O)[C@@H]1[C@H](O)[C@H](O)[C@@H](C)CCCC[C@@H]2O[C@@]2(C)[C@H]2C=C[C@H]3C[C@@H](C)C[C@@H](C)[C@H]3[C@@H]2/C(O)=C2/C(=O)CN1OC2=O. The molecule has 1 saturated carbocycles. The fraction of sp³-hybridized carbons (Fsp3) is 0.771. The van der Waals surface area contributed by atoms with Crippen molar-refractivity contribution in [2.24, 2.45) is 41.4 Å². The zero-order valence-corrected chi connectivity index (χ0v) is 27.5. The first-order valence-corrected chi connectivity index (χ1v) is 16.9. The lowest BCUT2D eigenvalue weighted by Crippen LogP contribution is -2.62. The Bertz CT molecular complexity index is 1210. The predicted molar refractivity (Wildman–Crippen MR) is 166 cm³/mol. The topological polar surface area (TPSA) is 160 Å². The average molecular weight is 632 g/mol. The molecule has 0 radical (unpaired) electrons. The molecule has 0 aromatic heterocycles. The van der Waals surface area contributed by atoms with Crippen LogP contribution in [0.5, 0.6) is 0 Å². The Kier molecular flexibility index (Phi) is 10.1. The highest BCUT2D eigenvalue weighted by Gasteiger charge is 2.62. The number of ketones is 1. The second-order valence-electron chi connectivity index (χ2n) is 14.9. The summed E-state index contributed by atoms with van der Waals surface area (Å²) >= 11 is 0. The molecule has 6 aliphatic rings. The molecule has 2 bridgehead atoms. The molecule has 45 heavy (non-hydrogen) atoms. The number of hydrogen-bond donors (Lipinski definition) is 5. The first kappa shape index (κ1) is 34.3. The lowest BCUT2D eigenvalue weighted by atomic mass is 9.56. The number of fused-ring (bicyclic) bond motifs is 10. The molecule has 6 rings (SSSR count). The molecule has 10 nitrogen and oxygen atoms in total. The number of rotatable bonds is 3. The van der Waals surface area contributed by atoms with Gasteiger partial charge in [-0.3, -0.25) is 4.79 Å². The fourth-order valence-electron chi connectivity index (χ4n) is 8.97. The van der Waals surface area contributed by atoms with E-state index < -0.39 is 71.8 Å². The number of hydrogen-bond acceptors (Lipinski definition) is 10. The van der Waals surface area contributed by atoms with Crippen molar-refractivity contribution in [3.8, 4) is 0 Å². The van der Waals surface area contributed by atoms with Crippen LogP contribution in [0.2, 0.25) is 0 Å². The van der Waals surface area contributed by atoms with Crippen LogP contribution in [0, 0.1) is 41.4 Å². The van der Waals surface area contributed by atoms with Crippen LogP contribution in [0.3, 0.4) is 0 Å². The second-order valence-corrected chi connectivity index (χ2v) is 14.9. The van der Waals surface area contributed by atoms with E-state index in [2.05, 4.69) is 32.9 Å². The molecule has 15 atom stereocenters. The monoisotopic (exact) mass is 631 g/mol. The zero-order chi connectivity index (χ0) is 33.0. The molecule has 4 heterocycles. The first-order valence-electron chi connectivity index (χ1n) is 16.9. The summed E-state index contributed by atoms with van der Waals surface area (Å²) < 4.78 is 6.35. The van der Waals surface area contributed by atoms with Gasteiger partial charge in [0.05, 0.1) is 24.4 Å². The molecule has 4 aliphatic heterocycles. The van der Waals surface area contributed by atoms with Crippen LogP contribution < -0.4 is 0 Å². The van der Waals surface area contributed by atoms with Gasteiger partial charge in [-0.2, -0.15) is 0 Å². The van der Waals surface area contributed by atoms with Crippen molar-refractivity contribution in [1.82, 2.24) is 5.06 Å².